The number of rotatable bonds is 5. The number of nitrogens with one attached hydrogen (secondary N) is 2. The van der Waals surface area contributed by atoms with E-state index in [0.717, 1.165) is 0 Å². The lowest BCUT2D eigenvalue weighted by atomic mass is 10.2. The molecule has 0 saturated carbocycles. The standard InChI is InChI=1S/C14H12F3N3O3/c15-14(16,17)8-23-12-5-9(3-4-18-12)6-20-13(22)10-1-2-11(21)19-7-10/h1-5,7H,6,8H2,(H,19,21)(H,20,22). The number of hydrogen-bond acceptors (Lipinski definition) is 4. The van der Waals surface area contributed by atoms with Crippen molar-refractivity contribution in [3.63, 3.8) is 0 Å². The highest BCUT2D eigenvalue weighted by Crippen LogP contribution is 2.17. The van der Waals surface area contributed by atoms with E-state index in [1.54, 1.807) is 0 Å². The zero-order chi connectivity index (χ0) is 16.9. The van der Waals surface area contributed by atoms with Gasteiger partial charge in [0.25, 0.3) is 5.91 Å². The molecule has 23 heavy (non-hydrogen) atoms. The molecule has 0 aliphatic heterocycles. The van der Waals surface area contributed by atoms with Crippen LogP contribution in [0.2, 0.25) is 0 Å². The Morgan fingerprint density at radius 1 is 1.30 bits per heavy atom. The van der Waals surface area contributed by atoms with Crippen molar-refractivity contribution in [2.24, 2.45) is 0 Å². The highest BCUT2D eigenvalue weighted by molar-refractivity contribution is 5.93. The first-order valence-electron chi connectivity index (χ1n) is 6.45. The van der Waals surface area contributed by atoms with Gasteiger partial charge in [-0.3, -0.25) is 9.59 Å². The van der Waals surface area contributed by atoms with E-state index in [-0.39, 0.29) is 23.5 Å². The third-order valence-corrected chi connectivity index (χ3v) is 2.68. The molecule has 0 radical (unpaired) electrons. The Labute approximate surface area is 128 Å². The molecule has 9 heteroatoms. The van der Waals surface area contributed by atoms with Gasteiger partial charge in [0, 0.05) is 31.1 Å². The fourth-order valence-corrected chi connectivity index (χ4v) is 1.63. The van der Waals surface area contributed by atoms with Crippen LogP contribution in [-0.4, -0.2) is 28.7 Å². The van der Waals surface area contributed by atoms with E-state index >= 15 is 0 Å². The van der Waals surface area contributed by atoms with Crippen LogP contribution in [0.1, 0.15) is 15.9 Å². The number of pyridine rings is 2. The van der Waals surface area contributed by atoms with Crippen molar-refractivity contribution < 1.29 is 22.7 Å². The molecule has 122 valence electrons. The van der Waals surface area contributed by atoms with E-state index in [9.17, 15) is 22.8 Å². The summed E-state index contributed by atoms with van der Waals surface area (Å²) in [7, 11) is 0. The summed E-state index contributed by atoms with van der Waals surface area (Å²) in [6, 6.07) is 5.41. The second-order valence-electron chi connectivity index (χ2n) is 4.53. The predicted octanol–water partition coefficient (Wildman–Crippen LogP) is 1.64. The second kappa shape index (κ2) is 6.95. The molecule has 2 aromatic heterocycles. The van der Waals surface area contributed by atoms with Crippen molar-refractivity contribution in [3.05, 3.63) is 58.1 Å². The number of aromatic nitrogens is 2. The molecule has 0 saturated heterocycles. The zero-order valence-electron chi connectivity index (χ0n) is 11.7. The molecule has 6 nitrogen and oxygen atoms in total. The number of amides is 1. The van der Waals surface area contributed by atoms with Gasteiger partial charge in [0.15, 0.2) is 6.61 Å². The van der Waals surface area contributed by atoms with Crippen LogP contribution < -0.4 is 15.6 Å². The average Bonchev–Trinajstić information content (AvgIpc) is 2.51. The van der Waals surface area contributed by atoms with Crippen LogP contribution in [-0.2, 0) is 6.54 Å². The Bertz CT molecular complexity index is 723. The molecule has 1 amide bonds. The van der Waals surface area contributed by atoms with Crippen LogP contribution in [0.15, 0.2) is 41.5 Å². The van der Waals surface area contributed by atoms with Gasteiger partial charge in [0.05, 0.1) is 5.56 Å². The molecule has 0 unspecified atom stereocenters. The lowest BCUT2D eigenvalue weighted by Gasteiger charge is -2.10. The average molecular weight is 327 g/mol. The maximum absolute atomic E-state index is 12.1. The van der Waals surface area contributed by atoms with E-state index in [0.29, 0.717) is 5.56 Å². The fraction of sp³-hybridized carbons (Fsp3) is 0.214. The van der Waals surface area contributed by atoms with Gasteiger partial charge >= 0.3 is 6.18 Å². The molecule has 0 aromatic carbocycles. The molecule has 0 bridgehead atoms. The molecule has 0 aliphatic carbocycles. The summed E-state index contributed by atoms with van der Waals surface area (Å²) in [4.78, 5) is 28.8. The Balaban J connectivity index is 1.94. The largest absolute Gasteiger partial charge is 0.468 e. The number of ether oxygens (including phenoxy) is 1. The quantitative estimate of drug-likeness (QED) is 0.874. The minimum absolute atomic E-state index is 0.0723. The number of carbonyl (C=O) groups is 1. The van der Waals surface area contributed by atoms with Crippen LogP contribution in [0.5, 0.6) is 5.88 Å². The van der Waals surface area contributed by atoms with Gasteiger partial charge in [0.2, 0.25) is 11.4 Å². The number of nitrogens with zero attached hydrogens (tertiary/aromatic N) is 1. The molecule has 0 spiro atoms. The predicted molar refractivity (Wildman–Crippen MR) is 74.0 cm³/mol. The van der Waals surface area contributed by atoms with E-state index in [1.165, 1.54) is 36.7 Å². The molecule has 0 aliphatic rings. The van der Waals surface area contributed by atoms with Crippen LogP contribution in [0, 0.1) is 0 Å². The Hall–Kier alpha value is -2.84. The molecule has 2 heterocycles. The topological polar surface area (TPSA) is 84.1 Å². The van der Waals surface area contributed by atoms with Crippen LogP contribution in [0.4, 0.5) is 13.2 Å². The SMILES string of the molecule is O=C(NCc1ccnc(OCC(F)(F)F)c1)c1ccc(=O)[nH]c1. The zero-order valence-corrected chi connectivity index (χ0v) is 11.7. The number of halogens is 3. The van der Waals surface area contributed by atoms with E-state index in [1.807, 2.05) is 0 Å². The summed E-state index contributed by atoms with van der Waals surface area (Å²) < 4.78 is 40.8. The summed E-state index contributed by atoms with van der Waals surface area (Å²) in [5.74, 6) is -0.617. The lowest BCUT2D eigenvalue weighted by molar-refractivity contribution is -0.154. The monoisotopic (exact) mass is 327 g/mol. The molecule has 2 aromatic rings. The van der Waals surface area contributed by atoms with Crippen molar-refractivity contribution in [2.75, 3.05) is 6.61 Å². The van der Waals surface area contributed by atoms with Crippen molar-refractivity contribution in [1.29, 1.82) is 0 Å². The highest BCUT2D eigenvalue weighted by atomic mass is 19.4. The number of carbonyl (C=O) groups excluding carboxylic acids is 1. The maximum atomic E-state index is 12.1. The van der Waals surface area contributed by atoms with E-state index in [2.05, 4.69) is 20.0 Å². The molecule has 2 rings (SSSR count). The molecule has 0 atom stereocenters. The summed E-state index contributed by atoms with van der Waals surface area (Å²) in [5, 5.41) is 2.57. The van der Waals surface area contributed by atoms with Crippen LogP contribution in [0.25, 0.3) is 0 Å². The number of aromatic amines is 1. The Kier molecular flexibility index (Phi) is 4.99. The lowest BCUT2D eigenvalue weighted by Crippen LogP contribution is -2.24. The highest BCUT2D eigenvalue weighted by Gasteiger charge is 2.28. The molecule has 2 N–H and O–H groups in total. The minimum atomic E-state index is -4.45. The number of H-pyrrole nitrogens is 1. The van der Waals surface area contributed by atoms with Gasteiger partial charge < -0.3 is 15.0 Å². The van der Waals surface area contributed by atoms with E-state index < -0.39 is 18.7 Å². The first-order valence-corrected chi connectivity index (χ1v) is 6.45. The summed E-state index contributed by atoms with van der Waals surface area (Å²) in [6.07, 6.45) is -1.90. The summed E-state index contributed by atoms with van der Waals surface area (Å²) >= 11 is 0. The number of alkyl halides is 3. The molecule has 0 fully saturated rings. The first-order chi connectivity index (χ1) is 10.8. The molecular formula is C14H12F3N3O3. The minimum Gasteiger partial charge on any atom is -0.468 e. The maximum Gasteiger partial charge on any atom is 0.422 e. The van der Waals surface area contributed by atoms with Crippen molar-refractivity contribution in [2.45, 2.75) is 12.7 Å². The van der Waals surface area contributed by atoms with Gasteiger partial charge in [-0.2, -0.15) is 13.2 Å². The normalized spacial score (nSPS) is 11.1. The second-order valence-corrected chi connectivity index (χ2v) is 4.53. The Morgan fingerprint density at radius 3 is 2.74 bits per heavy atom. The summed E-state index contributed by atoms with van der Waals surface area (Å²) in [5.41, 5.74) is 0.448. The molecular weight excluding hydrogens is 315 g/mol. The third-order valence-electron chi connectivity index (χ3n) is 2.68. The van der Waals surface area contributed by atoms with Gasteiger partial charge in [-0.25, -0.2) is 4.98 Å². The van der Waals surface area contributed by atoms with Crippen LogP contribution >= 0.6 is 0 Å². The van der Waals surface area contributed by atoms with Crippen molar-refractivity contribution >= 4 is 5.91 Å². The van der Waals surface area contributed by atoms with Gasteiger partial charge in [-0.1, -0.05) is 0 Å². The Morgan fingerprint density at radius 2 is 2.09 bits per heavy atom. The van der Waals surface area contributed by atoms with Crippen LogP contribution in [0.3, 0.4) is 0 Å². The van der Waals surface area contributed by atoms with Gasteiger partial charge in [0.1, 0.15) is 0 Å². The summed E-state index contributed by atoms with van der Waals surface area (Å²) in [6.45, 7) is -1.37. The number of hydrogen-bond donors (Lipinski definition) is 2. The third kappa shape index (κ3) is 5.46. The van der Waals surface area contributed by atoms with Crippen molar-refractivity contribution in [1.82, 2.24) is 15.3 Å². The smallest absolute Gasteiger partial charge is 0.422 e. The van der Waals surface area contributed by atoms with E-state index in [4.69, 9.17) is 0 Å². The van der Waals surface area contributed by atoms with Gasteiger partial charge in [-0.05, 0) is 17.7 Å². The first kappa shape index (κ1) is 16.5. The fourth-order valence-electron chi connectivity index (χ4n) is 1.63. The van der Waals surface area contributed by atoms with Gasteiger partial charge in [-0.15, -0.1) is 0 Å². The van der Waals surface area contributed by atoms with Crippen molar-refractivity contribution in [3.8, 4) is 5.88 Å².